The highest BCUT2D eigenvalue weighted by atomic mass is 16.5. The van der Waals surface area contributed by atoms with E-state index in [2.05, 4.69) is 22.2 Å². The van der Waals surface area contributed by atoms with E-state index in [4.69, 9.17) is 4.74 Å². The highest BCUT2D eigenvalue weighted by molar-refractivity contribution is 4.71. The van der Waals surface area contributed by atoms with E-state index in [1.165, 1.54) is 39.0 Å². The minimum atomic E-state index is 0.513. The predicted molar refractivity (Wildman–Crippen MR) is 65.8 cm³/mol. The van der Waals surface area contributed by atoms with Crippen LogP contribution in [-0.4, -0.2) is 75.4 Å². The van der Waals surface area contributed by atoms with Gasteiger partial charge in [0.15, 0.2) is 0 Å². The topological polar surface area (TPSA) is 27.7 Å². The Kier molecular flexibility index (Phi) is 5.03. The minimum absolute atomic E-state index is 0.513. The van der Waals surface area contributed by atoms with Crippen molar-refractivity contribution in [3.8, 4) is 0 Å². The lowest BCUT2D eigenvalue weighted by atomic mass is 10.1. The molecule has 1 N–H and O–H groups in total. The van der Waals surface area contributed by atoms with E-state index in [1.54, 1.807) is 0 Å². The molecule has 2 aliphatic heterocycles. The first-order valence-corrected chi connectivity index (χ1v) is 6.58. The molecule has 2 saturated heterocycles. The highest BCUT2D eigenvalue weighted by Gasteiger charge is 2.17. The van der Waals surface area contributed by atoms with E-state index in [0.717, 1.165) is 26.2 Å². The van der Waals surface area contributed by atoms with Crippen LogP contribution in [0.5, 0.6) is 0 Å². The van der Waals surface area contributed by atoms with Crippen LogP contribution < -0.4 is 5.32 Å². The standard InChI is InChI=1S/C12H25N3O/c1-14-6-2-12(3-7-14)16-11-10-15-8-4-13-5-9-15/h12-13H,2-11H2,1H3. The molecule has 2 aliphatic rings. The van der Waals surface area contributed by atoms with Crippen molar-refractivity contribution in [3.63, 3.8) is 0 Å². The van der Waals surface area contributed by atoms with E-state index in [0.29, 0.717) is 6.10 Å². The molecule has 2 rings (SSSR count). The summed E-state index contributed by atoms with van der Waals surface area (Å²) in [5, 5.41) is 3.37. The van der Waals surface area contributed by atoms with Gasteiger partial charge in [0.25, 0.3) is 0 Å². The first-order chi connectivity index (χ1) is 7.84. The van der Waals surface area contributed by atoms with Crippen molar-refractivity contribution in [2.24, 2.45) is 0 Å². The molecule has 0 bridgehead atoms. The van der Waals surface area contributed by atoms with E-state index in [1.807, 2.05) is 0 Å². The van der Waals surface area contributed by atoms with Gasteiger partial charge in [0.2, 0.25) is 0 Å². The van der Waals surface area contributed by atoms with Crippen molar-refractivity contribution in [2.45, 2.75) is 18.9 Å². The number of hydrogen-bond acceptors (Lipinski definition) is 4. The SMILES string of the molecule is CN1CCC(OCCN2CCNCC2)CC1. The molecule has 0 aromatic heterocycles. The quantitative estimate of drug-likeness (QED) is 0.732. The summed E-state index contributed by atoms with van der Waals surface area (Å²) >= 11 is 0. The van der Waals surface area contributed by atoms with Crippen molar-refractivity contribution in [1.82, 2.24) is 15.1 Å². The van der Waals surface area contributed by atoms with E-state index in [-0.39, 0.29) is 0 Å². The fourth-order valence-corrected chi connectivity index (χ4v) is 2.43. The average molecular weight is 227 g/mol. The summed E-state index contributed by atoms with van der Waals surface area (Å²) in [6, 6.07) is 0. The predicted octanol–water partition coefficient (Wildman–Crippen LogP) is 0.00240. The molecular weight excluding hydrogens is 202 g/mol. The maximum Gasteiger partial charge on any atom is 0.0600 e. The molecule has 0 aromatic rings. The zero-order chi connectivity index (χ0) is 11.2. The van der Waals surface area contributed by atoms with Crippen molar-refractivity contribution < 1.29 is 4.74 Å². The lowest BCUT2D eigenvalue weighted by molar-refractivity contribution is 0.00161. The number of ether oxygens (including phenoxy) is 1. The van der Waals surface area contributed by atoms with E-state index >= 15 is 0 Å². The van der Waals surface area contributed by atoms with Crippen LogP contribution in [0.4, 0.5) is 0 Å². The van der Waals surface area contributed by atoms with Gasteiger partial charge in [-0.1, -0.05) is 0 Å². The van der Waals surface area contributed by atoms with Gasteiger partial charge in [-0.2, -0.15) is 0 Å². The van der Waals surface area contributed by atoms with Gasteiger partial charge in [-0.15, -0.1) is 0 Å². The molecule has 4 heteroatoms. The van der Waals surface area contributed by atoms with Crippen molar-refractivity contribution in [2.75, 3.05) is 59.5 Å². The van der Waals surface area contributed by atoms with Crippen molar-refractivity contribution >= 4 is 0 Å². The third kappa shape index (κ3) is 4.01. The number of piperazine rings is 1. The van der Waals surface area contributed by atoms with Crippen LogP contribution in [0.2, 0.25) is 0 Å². The number of likely N-dealkylation sites (tertiary alicyclic amines) is 1. The Morgan fingerprint density at radius 3 is 2.50 bits per heavy atom. The van der Waals surface area contributed by atoms with Gasteiger partial charge in [-0.05, 0) is 19.9 Å². The Morgan fingerprint density at radius 2 is 1.81 bits per heavy atom. The molecule has 0 unspecified atom stereocenters. The molecule has 0 amide bonds. The molecule has 0 saturated carbocycles. The molecule has 4 nitrogen and oxygen atoms in total. The summed E-state index contributed by atoms with van der Waals surface area (Å²) in [4.78, 5) is 4.88. The lowest BCUT2D eigenvalue weighted by Crippen LogP contribution is -2.45. The van der Waals surface area contributed by atoms with Gasteiger partial charge in [0.1, 0.15) is 0 Å². The number of nitrogens with one attached hydrogen (secondary N) is 1. The highest BCUT2D eigenvalue weighted by Crippen LogP contribution is 2.11. The molecule has 0 radical (unpaired) electrons. The van der Waals surface area contributed by atoms with Crippen molar-refractivity contribution in [3.05, 3.63) is 0 Å². The smallest absolute Gasteiger partial charge is 0.0600 e. The molecule has 2 heterocycles. The van der Waals surface area contributed by atoms with Crippen molar-refractivity contribution in [1.29, 1.82) is 0 Å². The number of nitrogens with zero attached hydrogens (tertiary/aromatic N) is 2. The third-order valence-electron chi connectivity index (χ3n) is 3.64. The molecule has 16 heavy (non-hydrogen) atoms. The van der Waals surface area contributed by atoms with E-state index in [9.17, 15) is 0 Å². The molecule has 2 fully saturated rings. The summed E-state index contributed by atoms with van der Waals surface area (Å²) in [5.74, 6) is 0. The molecular formula is C12H25N3O. The largest absolute Gasteiger partial charge is 0.377 e. The van der Waals surface area contributed by atoms with Gasteiger partial charge in [-0.25, -0.2) is 0 Å². The maximum atomic E-state index is 5.95. The zero-order valence-corrected chi connectivity index (χ0v) is 10.5. The summed E-state index contributed by atoms with van der Waals surface area (Å²) in [7, 11) is 2.19. The number of piperidine rings is 1. The Balaban J connectivity index is 1.53. The fraction of sp³-hybridized carbons (Fsp3) is 1.00. The monoisotopic (exact) mass is 227 g/mol. The van der Waals surface area contributed by atoms with Gasteiger partial charge in [-0.3, -0.25) is 4.90 Å². The van der Waals surface area contributed by atoms with Crippen LogP contribution in [0, 0.1) is 0 Å². The molecule has 0 aromatic carbocycles. The van der Waals surface area contributed by atoms with Crippen LogP contribution >= 0.6 is 0 Å². The number of rotatable bonds is 4. The van der Waals surface area contributed by atoms with Gasteiger partial charge < -0.3 is 15.0 Å². The fourth-order valence-electron chi connectivity index (χ4n) is 2.43. The van der Waals surface area contributed by atoms with Crippen LogP contribution in [0.3, 0.4) is 0 Å². The second-order valence-electron chi connectivity index (χ2n) is 4.97. The summed E-state index contributed by atoms with van der Waals surface area (Å²) in [6.45, 7) is 9.02. The molecule has 0 atom stereocenters. The minimum Gasteiger partial charge on any atom is -0.377 e. The Labute approximate surface area is 98.9 Å². The van der Waals surface area contributed by atoms with Gasteiger partial charge in [0, 0.05) is 45.8 Å². The third-order valence-corrected chi connectivity index (χ3v) is 3.64. The second-order valence-corrected chi connectivity index (χ2v) is 4.97. The first kappa shape index (κ1) is 12.3. The van der Waals surface area contributed by atoms with Gasteiger partial charge >= 0.3 is 0 Å². The molecule has 94 valence electrons. The van der Waals surface area contributed by atoms with Crippen LogP contribution in [0.15, 0.2) is 0 Å². The Morgan fingerprint density at radius 1 is 1.12 bits per heavy atom. The van der Waals surface area contributed by atoms with Gasteiger partial charge in [0.05, 0.1) is 12.7 Å². The summed E-state index contributed by atoms with van der Waals surface area (Å²) in [6.07, 6.45) is 2.93. The van der Waals surface area contributed by atoms with Crippen LogP contribution in [-0.2, 0) is 4.74 Å². The first-order valence-electron chi connectivity index (χ1n) is 6.58. The van der Waals surface area contributed by atoms with Crippen LogP contribution in [0.25, 0.3) is 0 Å². The molecule has 0 aliphatic carbocycles. The van der Waals surface area contributed by atoms with E-state index < -0.39 is 0 Å². The summed E-state index contributed by atoms with van der Waals surface area (Å²) in [5.41, 5.74) is 0. The lowest BCUT2D eigenvalue weighted by Gasteiger charge is -2.31. The Hall–Kier alpha value is -0.160. The molecule has 0 spiro atoms. The maximum absolute atomic E-state index is 5.95. The second kappa shape index (κ2) is 6.55. The number of hydrogen-bond donors (Lipinski definition) is 1. The van der Waals surface area contributed by atoms with Crippen LogP contribution in [0.1, 0.15) is 12.8 Å². The zero-order valence-electron chi connectivity index (χ0n) is 10.5. The normalized spacial score (nSPS) is 26.1. The average Bonchev–Trinajstić information content (AvgIpc) is 2.33. The Bertz CT molecular complexity index is 187. The summed E-state index contributed by atoms with van der Waals surface area (Å²) < 4.78 is 5.95.